The fourth-order valence-corrected chi connectivity index (χ4v) is 3.52. The van der Waals surface area contributed by atoms with Gasteiger partial charge in [0.25, 0.3) is 11.9 Å². The fourth-order valence-electron chi connectivity index (χ4n) is 3.52. The Morgan fingerprint density at radius 1 is 1.32 bits per heavy atom. The van der Waals surface area contributed by atoms with Crippen molar-refractivity contribution in [3.05, 3.63) is 17.5 Å². The van der Waals surface area contributed by atoms with Crippen LogP contribution in [0.2, 0.25) is 0 Å². The topological polar surface area (TPSA) is 136 Å². The summed E-state index contributed by atoms with van der Waals surface area (Å²) >= 11 is 0. The van der Waals surface area contributed by atoms with Gasteiger partial charge in [-0.3, -0.25) is 9.59 Å². The van der Waals surface area contributed by atoms with Crippen LogP contribution in [-0.4, -0.2) is 73.2 Å². The summed E-state index contributed by atoms with van der Waals surface area (Å²) < 4.78 is 4.85. The van der Waals surface area contributed by atoms with Crippen molar-refractivity contribution in [3.63, 3.8) is 0 Å². The van der Waals surface area contributed by atoms with Crippen molar-refractivity contribution in [3.8, 4) is 0 Å². The molecule has 0 aliphatic carbocycles. The number of rotatable bonds is 3. The van der Waals surface area contributed by atoms with E-state index in [1.165, 1.54) is 11.1 Å². The summed E-state index contributed by atoms with van der Waals surface area (Å²) in [6, 6.07) is 0. The van der Waals surface area contributed by atoms with Crippen LogP contribution in [0.3, 0.4) is 0 Å². The maximum absolute atomic E-state index is 12.5. The molecule has 1 spiro atoms. The molecule has 132 valence electrons. The highest BCUT2D eigenvalue weighted by Gasteiger charge is 2.50. The summed E-state index contributed by atoms with van der Waals surface area (Å²) in [7, 11) is 0. The molecule has 25 heavy (non-hydrogen) atoms. The Bertz CT molecular complexity index is 822. The predicted molar refractivity (Wildman–Crippen MR) is 83.0 cm³/mol. The van der Waals surface area contributed by atoms with E-state index in [2.05, 4.69) is 20.6 Å². The largest absolute Gasteiger partial charge is 0.365 e. The molecule has 0 unspecified atom stereocenters. The number of nitrogens with zero attached hydrogens (tertiary/aromatic N) is 7. The molecule has 2 N–H and O–H groups in total. The van der Waals surface area contributed by atoms with Gasteiger partial charge in [0.15, 0.2) is 0 Å². The second kappa shape index (κ2) is 5.53. The van der Waals surface area contributed by atoms with Gasteiger partial charge in [0.2, 0.25) is 5.91 Å². The number of anilines is 1. The third-order valence-electron chi connectivity index (χ3n) is 4.86. The van der Waals surface area contributed by atoms with Crippen LogP contribution in [0.5, 0.6) is 0 Å². The monoisotopic (exact) mass is 346 g/mol. The minimum absolute atomic E-state index is 0.0167. The average Bonchev–Trinajstić information content (AvgIpc) is 3.25. The van der Waals surface area contributed by atoms with Crippen molar-refractivity contribution in [1.29, 1.82) is 0 Å². The van der Waals surface area contributed by atoms with Crippen molar-refractivity contribution in [2.24, 2.45) is 5.41 Å². The lowest BCUT2D eigenvalue weighted by atomic mass is 9.79. The normalized spacial score (nSPS) is 18.6. The van der Waals surface area contributed by atoms with Gasteiger partial charge in [-0.2, -0.15) is 4.80 Å². The Morgan fingerprint density at radius 2 is 2.08 bits per heavy atom. The molecule has 2 amide bonds. The minimum atomic E-state index is -0.0809. The van der Waals surface area contributed by atoms with Crippen LogP contribution < -0.4 is 5.73 Å². The first-order chi connectivity index (χ1) is 12.0. The minimum Gasteiger partial charge on any atom is -0.365 e. The van der Waals surface area contributed by atoms with E-state index in [-0.39, 0.29) is 29.7 Å². The van der Waals surface area contributed by atoms with Gasteiger partial charge >= 0.3 is 0 Å². The standard InChI is InChI=1S/C14H18N8O3/c1-9-10(5-25-18-9)12(24)20-3-2-14(6-20)7-21(8-14)11(23)4-22-17-13(15)16-19-22/h5H,2-4,6-8H2,1H3,(H2,15,17). The van der Waals surface area contributed by atoms with Crippen LogP contribution >= 0.6 is 0 Å². The average molecular weight is 346 g/mol. The highest BCUT2D eigenvalue weighted by molar-refractivity contribution is 5.95. The van der Waals surface area contributed by atoms with Crippen molar-refractivity contribution in [1.82, 2.24) is 35.2 Å². The Morgan fingerprint density at radius 3 is 2.72 bits per heavy atom. The van der Waals surface area contributed by atoms with E-state index in [9.17, 15) is 9.59 Å². The number of aryl methyl sites for hydroxylation is 1. The first-order valence-corrected chi connectivity index (χ1v) is 7.97. The van der Waals surface area contributed by atoms with E-state index in [0.717, 1.165) is 6.42 Å². The van der Waals surface area contributed by atoms with Crippen LogP contribution in [0.25, 0.3) is 0 Å². The van der Waals surface area contributed by atoms with Gasteiger partial charge in [-0.25, -0.2) is 0 Å². The molecule has 11 heteroatoms. The number of amides is 2. The quantitative estimate of drug-likeness (QED) is 0.741. The van der Waals surface area contributed by atoms with Crippen molar-refractivity contribution < 1.29 is 14.1 Å². The van der Waals surface area contributed by atoms with Gasteiger partial charge in [-0.1, -0.05) is 10.3 Å². The van der Waals surface area contributed by atoms with Gasteiger partial charge in [0.1, 0.15) is 18.4 Å². The number of nitrogen functional groups attached to an aromatic ring is 1. The summed E-state index contributed by atoms with van der Waals surface area (Å²) in [5, 5.41) is 14.8. The van der Waals surface area contributed by atoms with E-state index in [1.54, 1.807) is 16.7 Å². The van der Waals surface area contributed by atoms with Gasteiger partial charge in [-0.05, 0) is 18.6 Å². The van der Waals surface area contributed by atoms with E-state index < -0.39 is 0 Å². The second-order valence-corrected chi connectivity index (χ2v) is 6.72. The van der Waals surface area contributed by atoms with Crippen LogP contribution in [0.4, 0.5) is 5.95 Å². The summed E-state index contributed by atoms with van der Waals surface area (Å²) in [6.07, 6.45) is 2.26. The van der Waals surface area contributed by atoms with E-state index >= 15 is 0 Å². The molecule has 11 nitrogen and oxygen atoms in total. The summed E-state index contributed by atoms with van der Waals surface area (Å²) in [6.45, 7) is 4.33. The number of likely N-dealkylation sites (tertiary alicyclic amines) is 2. The smallest absolute Gasteiger partial charge is 0.260 e. The third-order valence-corrected chi connectivity index (χ3v) is 4.86. The number of carbonyl (C=O) groups is 2. The molecule has 2 aromatic heterocycles. The summed E-state index contributed by atoms with van der Waals surface area (Å²) in [5.41, 5.74) is 6.46. The molecular formula is C14H18N8O3. The number of hydrogen-bond acceptors (Lipinski definition) is 8. The zero-order chi connectivity index (χ0) is 17.6. The molecule has 2 aliphatic rings. The SMILES string of the molecule is Cc1nocc1C(=O)N1CCC2(CN(C(=O)Cn3nnc(N)n3)C2)C1. The maximum Gasteiger partial charge on any atom is 0.260 e. The lowest BCUT2D eigenvalue weighted by molar-refractivity contribution is -0.143. The Hall–Kier alpha value is -2.98. The van der Waals surface area contributed by atoms with Gasteiger partial charge in [-0.15, -0.1) is 5.10 Å². The summed E-state index contributed by atoms with van der Waals surface area (Å²) in [5.74, 6) is -0.104. The molecule has 0 radical (unpaired) electrons. The lowest BCUT2D eigenvalue weighted by Gasteiger charge is -2.47. The fraction of sp³-hybridized carbons (Fsp3) is 0.571. The molecule has 0 atom stereocenters. The van der Waals surface area contributed by atoms with Crippen LogP contribution in [0.15, 0.2) is 10.8 Å². The first kappa shape index (κ1) is 15.5. The highest BCUT2D eigenvalue weighted by Crippen LogP contribution is 2.40. The van der Waals surface area contributed by atoms with Crippen molar-refractivity contribution >= 4 is 17.8 Å². The van der Waals surface area contributed by atoms with Crippen molar-refractivity contribution in [2.45, 2.75) is 19.9 Å². The lowest BCUT2D eigenvalue weighted by Crippen LogP contribution is -2.60. The molecule has 0 bridgehead atoms. The first-order valence-electron chi connectivity index (χ1n) is 7.97. The van der Waals surface area contributed by atoms with Gasteiger partial charge in [0, 0.05) is 31.6 Å². The van der Waals surface area contributed by atoms with Gasteiger partial charge < -0.3 is 20.1 Å². The Kier molecular flexibility index (Phi) is 3.44. The Labute approximate surface area is 142 Å². The van der Waals surface area contributed by atoms with Crippen molar-refractivity contribution in [2.75, 3.05) is 31.9 Å². The molecule has 2 aliphatic heterocycles. The molecule has 0 saturated carbocycles. The van der Waals surface area contributed by atoms with Gasteiger partial charge in [0.05, 0.1) is 5.69 Å². The summed E-state index contributed by atoms with van der Waals surface area (Å²) in [4.78, 5) is 29.5. The van der Waals surface area contributed by atoms with E-state index in [1.807, 2.05) is 0 Å². The second-order valence-electron chi connectivity index (χ2n) is 6.72. The Balaban J connectivity index is 1.33. The number of nitrogens with two attached hydrogens (primary N) is 1. The number of hydrogen-bond donors (Lipinski definition) is 1. The third kappa shape index (κ3) is 2.71. The maximum atomic E-state index is 12.5. The number of aromatic nitrogens is 5. The number of tetrazole rings is 1. The number of carbonyl (C=O) groups excluding carboxylic acids is 2. The molecule has 0 aromatic carbocycles. The molecular weight excluding hydrogens is 328 g/mol. The molecule has 4 heterocycles. The zero-order valence-corrected chi connectivity index (χ0v) is 13.8. The molecule has 2 fully saturated rings. The van der Waals surface area contributed by atoms with E-state index in [0.29, 0.717) is 37.4 Å². The molecule has 2 saturated heterocycles. The zero-order valence-electron chi connectivity index (χ0n) is 13.8. The molecule has 2 aromatic rings. The predicted octanol–water partition coefficient (Wildman–Crippen LogP) is -1.07. The van der Waals surface area contributed by atoms with Crippen LogP contribution in [0, 0.1) is 12.3 Å². The highest BCUT2D eigenvalue weighted by atomic mass is 16.5. The van der Waals surface area contributed by atoms with E-state index in [4.69, 9.17) is 10.3 Å². The van der Waals surface area contributed by atoms with Crippen LogP contribution in [0.1, 0.15) is 22.5 Å². The van der Waals surface area contributed by atoms with Crippen LogP contribution in [-0.2, 0) is 11.3 Å². The molecule has 4 rings (SSSR count).